The van der Waals surface area contributed by atoms with Gasteiger partial charge in [0.15, 0.2) is 5.69 Å². The molecule has 0 atom stereocenters. The lowest BCUT2D eigenvalue weighted by Gasteiger charge is -2.20. The fourth-order valence-electron chi connectivity index (χ4n) is 1.35. The number of anilines is 1. The molecule has 0 aromatic carbocycles. The van der Waals surface area contributed by atoms with Crippen molar-refractivity contribution in [2.75, 3.05) is 32.5 Å². The Kier molecular flexibility index (Phi) is 4.72. The van der Waals surface area contributed by atoms with Crippen LogP contribution in [0.5, 0.6) is 0 Å². The summed E-state index contributed by atoms with van der Waals surface area (Å²) in [7, 11) is 1.60. The van der Waals surface area contributed by atoms with E-state index in [1.54, 1.807) is 30.3 Å². The first-order chi connectivity index (χ1) is 7.70. The fraction of sp³-hybridized carbons (Fsp3) is 0.455. The average Bonchev–Trinajstić information content (AvgIpc) is 2.30. The quantitative estimate of drug-likeness (QED) is 0.800. The van der Waals surface area contributed by atoms with Crippen molar-refractivity contribution < 1.29 is 9.53 Å². The van der Waals surface area contributed by atoms with Crippen molar-refractivity contribution in [3.05, 3.63) is 24.0 Å². The molecule has 88 valence electrons. The van der Waals surface area contributed by atoms with Crippen molar-refractivity contribution >= 4 is 11.6 Å². The molecule has 1 rings (SSSR count). The van der Waals surface area contributed by atoms with Crippen molar-refractivity contribution in [1.29, 1.82) is 0 Å². The van der Waals surface area contributed by atoms with Gasteiger partial charge in [-0.05, 0) is 19.1 Å². The van der Waals surface area contributed by atoms with Gasteiger partial charge in [-0.3, -0.25) is 4.79 Å². The lowest BCUT2D eigenvalue weighted by Crippen LogP contribution is -2.34. The highest BCUT2D eigenvalue weighted by molar-refractivity contribution is 5.97. The number of carbonyl (C=O) groups is 1. The Hall–Kier alpha value is -1.62. The third-order valence-electron chi connectivity index (χ3n) is 2.28. The van der Waals surface area contributed by atoms with Crippen LogP contribution in [0, 0.1) is 0 Å². The monoisotopic (exact) mass is 223 g/mol. The molecule has 1 heterocycles. The number of pyridine rings is 1. The molecule has 5 nitrogen and oxygen atoms in total. The Morgan fingerprint density at radius 3 is 2.94 bits per heavy atom. The molecule has 1 aromatic heterocycles. The van der Waals surface area contributed by atoms with Gasteiger partial charge in [-0.25, -0.2) is 4.98 Å². The van der Waals surface area contributed by atoms with E-state index < -0.39 is 0 Å². The summed E-state index contributed by atoms with van der Waals surface area (Å²) < 4.78 is 4.94. The Bertz CT molecular complexity index is 355. The van der Waals surface area contributed by atoms with Crippen LogP contribution in [0.2, 0.25) is 0 Å². The number of ether oxygens (including phenoxy) is 1. The number of aromatic nitrogens is 1. The first kappa shape index (κ1) is 12.4. The Morgan fingerprint density at radius 2 is 2.38 bits per heavy atom. The smallest absolute Gasteiger partial charge is 0.274 e. The second-order valence-corrected chi connectivity index (χ2v) is 3.32. The summed E-state index contributed by atoms with van der Waals surface area (Å²) in [5.74, 6) is -0.155. The van der Waals surface area contributed by atoms with Crippen molar-refractivity contribution in [3.8, 4) is 0 Å². The third kappa shape index (κ3) is 2.93. The van der Waals surface area contributed by atoms with E-state index in [9.17, 15) is 4.79 Å². The van der Waals surface area contributed by atoms with Crippen LogP contribution in [0.25, 0.3) is 0 Å². The Balaban J connectivity index is 2.79. The highest BCUT2D eigenvalue weighted by Crippen LogP contribution is 2.10. The largest absolute Gasteiger partial charge is 0.397 e. The number of amides is 1. The maximum absolute atomic E-state index is 12.0. The second-order valence-electron chi connectivity index (χ2n) is 3.32. The number of nitrogens with two attached hydrogens (primary N) is 1. The number of hydrogen-bond acceptors (Lipinski definition) is 4. The van der Waals surface area contributed by atoms with E-state index in [0.717, 1.165) is 0 Å². The van der Waals surface area contributed by atoms with E-state index in [0.29, 0.717) is 31.1 Å². The van der Waals surface area contributed by atoms with Crippen molar-refractivity contribution in [1.82, 2.24) is 9.88 Å². The minimum absolute atomic E-state index is 0.155. The van der Waals surface area contributed by atoms with E-state index in [-0.39, 0.29) is 5.91 Å². The van der Waals surface area contributed by atoms with Crippen molar-refractivity contribution in [2.24, 2.45) is 0 Å². The van der Waals surface area contributed by atoms with Gasteiger partial charge in [0, 0.05) is 26.4 Å². The first-order valence-electron chi connectivity index (χ1n) is 5.19. The molecule has 0 radical (unpaired) electrons. The van der Waals surface area contributed by atoms with Crippen LogP contribution in [-0.4, -0.2) is 42.6 Å². The molecule has 16 heavy (non-hydrogen) atoms. The lowest BCUT2D eigenvalue weighted by atomic mass is 10.2. The molecule has 2 N–H and O–H groups in total. The van der Waals surface area contributed by atoms with E-state index in [1.165, 1.54) is 0 Å². The van der Waals surface area contributed by atoms with Gasteiger partial charge in [-0.15, -0.1) is 0 Å². The summed E-state index contributed by atoms with van der Waals surface area (Å²) in [4.78, 5) is 17.7. The lowest BCUT2D eigenvalue weighted by molar-refractivity contribution is 0.0702. The molecule has 0 unspecified atom stereocenters. The maximum Gasteiger partial charge on any atom is 0.274 e. The number of nitrogen functional groups attached to an aromatic ring is 1. The van der Waals surface area contributed by atoms with Gasteiger partial charge in [0.2, 0.25) is 0 Å². The van der Waals surface area contributed by atoms with E-state index in [4.69, 9.17) is 10.5 Å². The molecule has 1 amide bonds. The predicted octanol–water partition coefficient (Wildman–Crippen LogP) is 0.772. The van der Waals surface area contributed by atoms with Crippen LogP contribution in [0.15, 0.2) is 18.3 Å². The minimum Gasteiger partial charge on any atom is -0.397 e. The number of nitrogens with zero attached hydrogens (tertiary/aromatic N) is 2. The minimum atomic E-state index is -0.155. The third-order valence-corrected chi connectivity index (χ3v) is 2.28. The molecular formula is C11H17N3O2. The summed E-state index contributed by atoms with van der Waals surface area (Å²) in [5.41, 5.74) is 6.41. The Labute approximate surface area is 95.2 Å². The summed E-state index contributed by atoms with van der Waals surface area (Å²) >= 11 is 0. The summed E-state index contributed by atoms with van der Waals surface area (Å²) in [6, 6.07) is 3.38. The average molecular weight is 223 g/mol. The molecule has 0 aliphatic carbocycles. The van der Waals surface area contributed by atoms with Gasteiger partial charge >= 0.3 is 0 Å². The molecule has 0 aliphatic heterocycles. The number of carbonyl (C=O) groups excluding carboxylic acids is 1. The van der Waals surface area contributed by atoms with Gasteiger partial charge < -0.3 is 15.4 Å². The number of likely N-dealkylation sites (N-methyl/N-ethyl adjacent to an activating group) is 1. The van der Waals surface area contributed by atoms with Crippen molar-refractivity contribution in [3.63, 3.8) is 0 Å². The van der Waals surface area contributed by atoms with Crippen LogP contribution in [-0.2, 0) is 4.74 Å². The SMILES string of the molecule is CCN(CCOC)C(=O)c1ncccc1N. The number of hydrogen-bond donors (Lipinski definition) is 1. The standard InChI is InChI=1S/C11H17N3O2/c1-3-14(7-8-16-2)11(15)10-9(12)5-4-6-13-10/h4-6H,3,7-8,12H2,1-2H3. The van der Waals surface area contributed by atoms with Gasteiger partial charge in [0.25, 0.3) is 5.91 Å². The highest BCUT2D eigenvalue weighted by Gasteiger charge is 2.17. The molecule has 0 saturated heterocycles. The topological polar surface area (TPSA) is 68.5 Å². The van der Waals surface area contributed by atoms with Gasteiger partial charge in [0.05, 0.1) is 12.3 Å². The normalized spacial score (nSPS) is 10.1. The molecule has 0 aliphatic rings. The van der Waals surface area contributed by atoms with E-state index >= 15 is 0 Å². The molecule has 0 saturated carbocycles. The molecular weight excluding hydrogens is 206 g/mol. The molecule has 0 fully saturated rings. The summed E-state index contributed by atoms with van der Waals surface area (Å²) in [5, 5.41) is 0. The fourth-order valence-corrected chi connectivity index (χ4v) is 1.35. The molecule has 5 heteroatoms. The van der Waals surface area contributed by atoms with Crippen molar-refractivity contribution in [2.45, 2.75) is 6.92 Å². The molecule has 1 aromatic rings. The van der Waals surface area contributed by atoms with Crippen LogP contribution in [0.1, 0.15) is 17.4 Å². The first-order valence-corrected chi connectivity index (χ1v) is 5.19. The summed E-state index contributed by atoms with van der Waals surface area (Å²) in [6.07, 6.45) is 1.56. The van der Waals surface area contributed by atoms with Crippen LogP contribution in [0.3, 0.4) is 0 Å². The zero-order chi connectivity index (χ0) is 12.0. The highest BCUT2D eigenvalue weighted by atomic mass is 16.5. The second kappa shape index (κ2) is 6.07. The van der Waals surface area contributed by atoms with Gasteiger partial charge in [-0.1, -0.05) is 0 Å². The van der Waals surface area contributed by atoms with Gasteiger partial charge in [0.1, 0.15) is 0 Å². The maximum atomic E-state index is 12.0. The number of rotatable bonds is 5. The zero-order valence-corrected chi connectivity index (χ0v) is 9.64. The summed E-state index contributed by atoms with van der Waals surface area (Å²) in [6.45, 7) is 3.57. The number of methoxy groups -OCH3 is 1. The predicted molar refractivity (Wildman–Crippen MR) is 62.1 cm³/mol. The molecule has 0 bridgehead atoms. The Morgan fingerprint density at radius 1 is 1.62 bits per heavy atom. The van der Waals surface area contributed by atoms with E-state index in [2.05, 4.69) is 4.98 Å². The van der Waals surface area contributed by atoms with Crippen LogP contribution < -0.4 is 5.73 Å². The van der Waals surface area contributed by atoms with Gasteiger partial charge in [-0.2, -0.15) is 0 Å². The van der Waals surface area contributed by atoms with Crippen LogP contribution in [0.4, 0.5) is 5.69 Å². The van der Waals surface area contributed by atoms with Crippen LogP contribution >= 0.6 is 0 Å². The van der Waals surface area contributed by atoms with E-state index in [1.807, 2.05) is 6.92 Å². The molecule has 0 spiro atoms. The zero-order valence-electron chi connectivity index (χ0n) is 9.64.